The molecule has 0 spiro atoms. The lowest BCUT2D eigenvalue weighted by molar-refractivity contribution is 0.103. The Morgan fingerprint density at radius 1 is 1.40 bits per heavy atom. The fourth-order valence-corrected chi connectivity index (χ4v) is 2.16. The van der Waals surface area contributed by atoms with Crippen molar-refractivity contribution in [2.45, 2.75) is 20.8 Å². The van der Waals surface area contributed by atoms with E-state index in [0.29, 0.717) is 11.1 Å². The van der Waals surface area contributed by atoms with Gasteiger partial charge in [0.2, 0.25) is 0 Å². The van der Waals surface area contributed by atoms with Crippen LogP contribution >= 0.6 is 0 Å². The van der Waals surface area contributed by atoms with Crippen LogP contribution in [0.3, 0.4) is 0 Å². The predicted octanol–water partition coefficient (Wildman–Crippen LogP) is 3.22. The molecule has 20 heavy (non-hydrogen) atoms. The number of aromatic nitrogens is 3. The van der Waals surface area contributed by atoms with E-state index in [2.05, 4.69) is 16.7 Å². The first-order valence-corrected chi connectivity index (χ1v) is 6.39. The summed E-state index contributed by atoms with van der Waals surface area (Å²) in [4.78, 5) is 16.7. The number of rotatable bonds is 4. The molecular formula is C16H17N3O. The molecule has 0 aliphatic rings. The molecule has 102 valence electrons. The first-order chi connectivity index (χ1) is 9.60. The molecule has 2 aromatic rings. The normalized spacial score (nSPS) is 12.2. The average Bonchev–Trinajstić information content (AvgIpc) is 2.78. The molecular weight excluding hydrogens is 250 g/mol. The summed E-state index contributed by atoms with van der Waals surface area (Å²) in [6.07, 6.45) is 10.3. The smallest absolute Gasteiger partial charge is 0.194 e. The Morgan fingerprint density at radius 3 is 2.75 bits per heavy atom. The monoisotopic (exact) mass is 267 g/mol. The van der Waals surface area contributed by atoms with Crippen LogP contribution in [0.4, 0.5) is 0 Å². The Balaban J connectivity index is 2.58. The molecule has 0 atom stereocenters. The number of aryl methyl sites for hydroxylation is 2. The predicted molar refractivity (Wildman–Crippen MR) is 79.9 cm³/mol. The standard InChI is InChI=1S/C16H17N3O/c1-5-7-8-13(6-2)16(20)14-9-19-15(11(14)3)12(4)17-10-18-19/h5-10H,2H2,1,3-4H3/b7-5-,13-8+. The van der Waals surface area contributed by atoms with Gasteiger partial charge in [0, 0.05) is 17.3 Å². The van der Waals surface area contributed by atoms with Gasteiger partial charge in [-0.3, -0.25) is 4.79 Å². The Labute approximate surface area is 118 Å². The van der Waals surface area contributed by atoms with Crippen LogP contribution in [0.2, 0.25) is 0 Å². The molecule has 0 radical (unpaired) electrons. The van der Waals surface area contributed by atoms with Gasteiger partial charge in [-0.1, -0.05) is 30.9 Å². The van der Waals surface area contributed by atoms with Crippen LogP contribution in [-0.4, -0.2) is 20.4 Å². The summed E-state index contributed by atoms with van der Waals surface area (Å²) in [5.41, 5.74) is 3.82. The first kappa shape index (κ1) is 13.9. The van der Waals surface area contributed by atoms with Gasteiger partial charge in [-0.25, -0.2) is 9.50 Å². The van der Waals surface area contributed by atoms with Gasteiger partial charge in [-0.15, -0.1) is 0 Å². The Kier molecular flexibility index (Phi) is 3.94. The maximum Gasteiger partial charge on any atom is 0.194 e. The van der Waals surface area contributed by atoms with Gasteiger partial charge in [0.05, 0.1) is 11.2 Å². The molecule has 0 bridgehead atoms. The molecule has 0 fully saturated rings. The average molecular weight is 267 g/mol. The minimum Gasteiger partial charge on any atom is -0.289 e. The highest BCUT2D eigenvalue weighted by atomic mass is 16.1. The first-order valence-electron chi connectivity index (χ1n) is 6.39. The molecule has 4 nitrogen and oxygen atoms in total. The van der Waals surface area contributed by atoms with Crippen LogP contribution in [0, 0.1) is 13.8 Å². The lowest BCUT2D eigenvalue weighted by Gasteiger charge is -2.00. The SMILES string of the molecule is C=C/C(=C\C=C/C)C(=O)c1cn2ncnc(C)c2c1C. The highest BCUT2D eigenvalue weighted by Gasteiger charge is 2.17. The fourth-order valence-electron chi connectivity index (χ4n) is 2.16. The van der Waals surface area contributed by atoms with E-state index >= 15 is 0 Å². The number of hydrogen-bond donors (Lipinski definition) is 0. The minimum atomic E-state index is -0.0551. The number of nitrogens with zero attached hydrogens (tertiary/aromatic N) is 3. The van der Waals surface area contributed by atoms with Crippen molar-refractivity contribution >= 4 is 11.3 Å². The maximum atomic E-state index is 12.5. The van der Waals surface area contributed by atoms with Crippen molar-refractivity contribution < 1.29 is 4.79 Å². The molecule has 0 unspecified atom stereocenters. The molecule has 0 aromatic carbocycles. The molecule has 0 saturated carbocycles. The zero-order valence-electron chi connectivity index (χ0n) is 11.9. The zero-order valence-corrected chi connectivity index (χ0v) is 11.9. The van der Waals surface area contributed by atoms with Crippen molar-refractivity contribution in [1.82, 2.24) is 14.6 Å². The van der Waals surface area contributed by atoms with Gasteiger partial charge in [-0.2, -0.15) is 5.10 Å². The molecule has 0 amide bonds. The number of hydrogen-bond acceptors (Lipinski definition) is 3. The van der Waals surface area contributed by atoms with Crippen molar-refractivity contribution in [3.8, 4) is 0 Å². The van der Waals surface area contributed by atoms with Crippen molar-refractivity contribution in [2.75, 3.05) is 0 Å². The second-order valence-electron chi connectivity index (χ2n) is 4.49. The molecule has 4 heteroatoms. The van der Waals surface area contributed by atoms with E-state index in [9.17, 15) is 4.79 Å². The molecule has 0 saturated heterocycles. The van der Waals surface area contributed by atoms with Crippen LogP contribution in [0.5, 0.6) is 0 Å². The van der Waals surface area contributed by atoms with E-state index in [-0.39, 0.29) is 5.78 Å². The lowest BCUT2D eigenvalue weighted by atomic mass is 10.0. The molecule has 0 N–H and O–H groups in total. The molecule has 2 aromatic heterocycles. The van der Waals surface area contributed by atoms with Gasteiger partial charge in [0.15, 0.2) is 5.78 Å². The van der Waals surface area contributed by atoms with Crippen LogP contribution in [-0.2, 0) is 0 Å². The lowest BCUT2D eigenvalue weighted by Crippen LogP contribution is -2.01. The van der Waals surface area contributed by atoms with Crippen LogP contribution < -0.4 is 0 Å². The second-order valence-corrected chi connectivity index (χ2v) is 4.49. The summed E-state index contributed by atoms with van der Waals surface area (Å²) in [7, 11) is 0. The number of fused-ring (bicyclic) bond motifs is 1. The van der Waals surface area contributed by atoms with Crippen molar-refractivity contribution in [1.29, 1.82) is 0 Å². The van der Waals surface area contributed by atoms with E-state index in [1.54, 1.807) is 22.9 Å². The molecule has 0 aliphatic heterocycles. The highest BCUT2D eigenvalue weighted by Crippen LogP contribution is 2.21. The summed E-state index contributed by atoms with van der Waals surface area (Å²) < 4.78 is 1.70. The third-order valence-corrected chi connectivity index (χ3v) is 3.20. The summed E-state index contributed by atoms with van der Waals surface area (Å²) in [6.45, 7) is 9.42. The number of carbonyl (C=O) groups excluding carboxylic acids is 1. The van der Waals surface area contributed by atoms with Crippen LogP contribution in [0.1, 0.15) is 28.5 Å². The Bertz CT molecular complexity index is 736. The summed E-state index contributed by atoms with van der Waals surface area (Å²) >= 11 is 0. The van der Waals surface area contributed by atoms with Gasteiger partial charge < -0.3 is 0 Å². The van der Waals surface area contributed by atoms with Crippen LogP contribution in [0.25, 0.3) is 5.52 Å². The largest absolute Gasteiger partial charge is 0.289 e. The maximum absolute atomic E-state index is 12.5. The number of allylic oxidation sites excluding steroid dienone is 5. The Morgan fingerprint density at radius 2 is 2.15 bits per heavy atom. The van der Waals surface area contributed by atoms with E-state index in [4.69, 9.17) is 0 Å². The fraction of sp³-hybridized carbons (Fsp3) is 0.188. The zero-order chi connectivity index (χ0) is 14.7. The quantitative estimate of drug-likeness (QED) is 0.485. The van der Waals surface area contributed by atoms with Gasteiger partial charge >= 0.3 is 0 Å². The molecule has 2 rings (SSSR count). The Hall–Kier alpha value is -2.49. The van der Waals surface area contributed by atoms with E-state index < -0.39 is 0 Å². The molecule has 0 aliphatic carbocycles. The highest BCUT2D eigenvalue weighted by molar-refractivity contribution is 6.12. The van der Waals surface area contributed by atoms with E-state index in [0.717, 1.165) is 16.8 Å². The minimum absolute atomic E-state index is 0.0551. The van der Waals surface area contributed by atoms with Crippen LogP contribution in [0.15, 0.2) is 49.0 Å². The number of Topliss-reactive ketones (excluding diaryl/α,β-unsaturated/α-hetero) is 1. The van der Waals surface area contributed by atoms with Crippen molar-refractivity contribution in [3.05, 3.63) is 65.8 Å². The summed E-state index contributed by atoms with van der Waals surface area (Å²) in [5.74, 6) is -0.0551. The summed E-state index contributed by atoms with van der Waals surface area (Å²) in [6, 6.07) is 0. The number of carbonyl (C=O) groups is 1. The topological polar surface area (TPSA) is 47.3 Å². The third kappa shape index (κ3) is 2.32. The van der Waals surface area contributed by atoms with Crippen molar-refractivity contribution in [2.24, 2.45) is 0 Å². The van der Waals surface area contributed by atoms with Crippen molar-refractivity contribution in [3.63, 3.8) is 0 Å². The second kappa shape index (κ2) is 5.65. The van der Waals surface area contributed by atoms with Gasteiger partial charge in [0.1, 0.15) is 6.33 Å². The molecule has 2 heterocycles. The number of ketones is 1. The van der Waals surface area contributed by atoms with E-state index in [1.807, 2.05) is 32.9 Å². The van der Waals surface area contributed by atoms with Gasteiger partial charge in [-0.05, 0) is 26.3 Å². The summed E-state index contributed by atoms with van der Waals surface area (Å²) in [5, 5.41) is 4.15. The van der Waals surface area contributed by atoms with E-state index in [1.165, 1.54) is 6.33 Å². The third-order valence-electron chi connectivity index (χ3n) is 3.20. The van der Waals surface area contributed by atoms with Gasteiger partial charge in [0.25, 0.3) is 0 Å².